The number of amides is 1. The molecule has 1 amide bonds. The number of carbonyl (C=O) groups excluding carboxylic acids is 1. The van der Waals surface area contributed by atoms with Crippen molar-refractivity contribution in [1.82, 2.24) is 31.3 Å². The van der Waals surface area contributed by atoms with E-state index in [9.17, 15) is 4.79 Å². The van der Waals surface area contributed by atoms with Crippen LogP contribution in [0.3, 0.4) is 0 Å². The summed E-state index contributed by atoms with van der Waals surface area (Å²) in [6.45, 7) is 2.05. The van der Waals surface area contributed by atoms with E-state index >= 15 is 0 Å². The van der Waals surface area contributed by atoms with Gasteiger partial charge >= 0.3 is 0 Å². The normalized spacial score (nSPS) is 16.2. The maximum absolute atomic E-state index is 12.5. The summed E-state index contributed by atoms with van der Waals surface area (Å²) in [5.74, 6) is 0.498. The van der Waals surface area contributed by atoms with Gasteiger partial charge in [-0.3, -0.25) is 4.79 Å². The number of tetrazole rings is 1. The number of rotatable bonds is 5. The third-order valence-corrected chi connectivity index (χ3v) is 4.23. The fourth-order valence-corrected chi connectivity index (χ4v) is 2.75. The lowest BCUT2D eigenvalue weighted by molar-refractivity contribution is -0.146. The van der Waals surface area contributed by atoms with Crippen LogP contribution in [-0.2, 0) is 16.1 Å². The van der Waals surface area contributed by atoms with Crippen LogP contribution in [0, 0.1) is 0 Å². The first-order valence-electron chi connectivity index (χ1n) is 7.60. The molecule has 1 saturated heterocycles. The van der Waals surface area contributed by atoms with E-state index in [1.807, 2.05) is 24.3 Å². The Balaban J connectivity index is 0.00000208. The molecule has 1 aromatic heterocycles. The molecule has 0 spiro atoms. The minimum absolute atomic E-state index is 0. The number of aromatic nitrogens is 4. The zero-order valence-corrected chi connectivity index (χ0v) is 14.2. The van der Waals surface area contributed by atoms with Gasteiger partial charge in [0.15, 0.2) is 0 Å². The Morgan fingerprint density at radius 3 is 2.58 bits per heavy atom. The topological polar surface area (TPSA) is 105 Å². The number of piperidine rings is 1. The Labute approximate surface area is 146 Å². The number of carbonyl (C=O) groups is 1. The summed E-state index contributed by atoms with van der Waals surface area (Å²) in [4.78, 5) is 12.5. The van der Waals surface area contributed by atoms with Gasteiger partial charge in [0.25, 0.3) is 5.91 Å². The molecule has 0 unspecified atom stereocenters. The number of H-pyrrole nitrogens is 1. The van der Waals surface area contributed by atoms with Crippen LogP contribution < -0.4 is 10.6 Å². The second-order valence-electron chi connectivity index (χ2n) is 5.56. The highest BCUT2D eigenvalue weighted by atomic mass is 35.5. The Bertz CT molecular complexity index is 640. The minimum Gasteiger partial charge on any atom is -0.368 e. The number of aromatic amines is 1. The molecule has 2 aromatic rings. The number of methoxy groups -OCH3 is 1. The highest BCUT2D eigenvalue weighted by Crippen LogP contribution is 2.23. The molecule has 1 fully saturated rings. The number of ether oxygens (including phenoxy) is 1. The molecule has 8 nitrogen and oxygen atoms in total. The number of halogens is 1. The third kappa shape index (κ3) is 3.89. The average Bonchev–Trinajstić information content (AvgIpc) is 3.15. The summed E-state index contributed by atoms with van der Waals surface area (Å²) in [5, 5.41) is 20.0. The molecule has 1 aromatic carbocycles. The number of hydrogen-bond acceptors (Lipinski definition) is 6. The first-order valence-corrected chi connectivity index (χ1v) is 7.60. The molecule has 0 bridgehead atoms. The van der Waals surface area contributed by atoms with Crippen LogP contribution >= 0.6 is 12.4 Å². The molecular weight excluding hydrogens is 332 g/mol. The van der Waals surface area contributed by atoms with Gasteiger partial charge in [-0.25, -0.2) is 0 Å². The van der Waals surface area contributed by atoms with Gasteiger partial charge in [0.2, 0.25) is 5.82 Å². The van der Waals surface area contributed by atoms with Gasteiger partial charge in [-0.1, -0.05) is 24.3 Å². The van der Waals surface area contributed by atoms with Crippen LogP contribution in [0.4, 0.5) is 0 Å². The van der Waals surface area contributed by atoms with Crippen molar-refractivity contribution in [3.05, 3.63) is 29.8 Å². The lowest BCUT2D eigenvalue weighted by Crippen LogP contribution is -2.53. The maximum atomic E-state index is 12.5. The Morgan fingerprint density at radius 2 is 2.00 bits per heavy atom. The van der Waals surface area contributed by atoms with Crippen LogP contribution in [0.1, 0.15) is 18.4 Å². The maximum Gasteiger partial charge on any atom is 0.252 e. The van der Waals surface area contributed by atoms with Crippen molar-refractivity contribution in [2.24, 2.45) is 0 Å². The highest BCUT2D eigenvalue weighted by Gasteiger charge is 2.39. The van der Waals surface area contributed by atoms with Gasteiger partial charge in [0.1, 0.15) is 5.60 Å². The predicted octanol–water partition coefficient (Wildman–Crippen LogP) is 0.673. The summed E-state index contributed by atoms with van der Waals surface area (Å²) in [7, 11) is 1.60. The van der Waals surface area contributed by atoms with E-state index in [0.29, 0.717) is 25.2 Å². The van der Waals surface area contributed by atoms with Gasteiger partial charge in [0.05, 0.1) is 0 Å². The number of nitrogens with one attached hydrogen (secondary N) is 3. The lowest BCUT2D eigenvalue weighted by Gasteiger charge is -2.34. The molecule has 130 valence electrons. The summed E-state index contributed by atoms with van der Waals surface area (Å²) in [6.07, 6.45) is 1.37. The van der Waals surface area contributed by atoms with Gasteiger partial charge in [-0.05, 0) is 36.7 Å². The fraction of sp³-hybridized carbons (Fsp3) is 0.467. The first-order chi connectivity index (χ1) is 11.2. The third-order valence-electron chi connectivity index (χ3n) is 4.23. The van der Waals surface area contributed by atoms with Gasteiger partial charge in [0, 0.05) is 19.2 Å². The number of nitrogens with zero attached hydrogens (tertiary/aromatic N) is 3. The van der Waals surface area contributed by atoms with E-state index in [4.69, 9.17) is 4.74 Å². The largest absolute Gasteiger partial charge is 0.368 e. The highest BCUT2D eigenvalue weighted by molar-refractivity contribution is 5.85. The standard InChI is InChI=1S/C15H20N6O2.ClH/c1-23-15(6-8-16-9-7-15)14(22)17-10-11-2-4-12(5-3-11)13-18-20-21-19-13;/h2-5,16H,6-10H2,1H3,(H,17,22)(H,18,19,20,21);1H. The van der Waals surface area contributed by atoms with Crippen LogP contribution in [-0.4, -0.2) is 52.3 Å². The first kappa shape index (κ1) is 18.3. The molecular formula is C15H21ClN6O2. The molecule has 1 aliphatic rings. The van der Waals surface area contributed by atoms with Gasteiger partial charge in [-0.15, -0.1) is 22.6 Å². The van der Waals surface area contributed by atoms with Crippen molar-refractivity contribution in [3.63, 3.8) is 0 Å². The molecule has 1 aliphatic heterocycles. The second kappa shape index (κ2) is 8.18. The van der Waals surface area contributed by atoms with Gasteiger partial charge < -0.3 is 15.4 Å². The van der Waals surface area contributed by atoms with Crippen molar-refractivity contribution in [1.29, 1.82) is 0 Å². The van der Waals surface area contributed by atoms with E-state index in [0.717, 1.165) is 24.2 Å². The molecule has 0 atom stereocenters. The zero-order chi connectivity index (χ0) is 16.1. The fourth-order valence-electron chi connectivity index (χ4n) is 2.75. The van der Waals surface area contributed by atoms with E-state index in [1.54, 1.807) is 7.11 Å². The predicted molar refractivity (Wildman–Crippen MR) is 90.6 cm³/mol. The molecule has 0 saturated carbocycles. The average molecular weight is 353 g/mol. The molecule has 3 N–H and O–H groups in total. The smallest absolute Gasteiger partial charge is 0.252 e. The van der Waals surface area contributed by atoms with Crippen LogP contribution in [0.5, 0.6) is 0 Å². The number of hydrogen-bond donors (Lipinski definition) is 3. The Morgan fingerprint density at radius 1 is 1.29 bits per heavy atom. The SMILES string of the molecule is COC1(C(=O)NCc2ccc(-c3nn[nH]n3)cc2)CCNCC1.Cl. The molecule has 2 heterocycles. The van der Waals surface area contributed by atoms with E-state index in [1.165, 1.54) is 0 Å². The summed E-state index contributed by atoms with van der Waals surface area (Å²) in [6, 6.07) is 7.69. The zero-order valence-electron chi connectivity index (χ0n) is 13.4. The van der Waals surface area contributed by atoms with E-state index in [2.05, 4.69) is 31.3 Å². The van der Waals surface area contributed by atoms with Gasteiger partial charge in [-0.2, -0.15) is 5.21 Å². The lowest BCUT2D eigenvalue weighted by atomic mass is 9.91. The number of benzene rings is 1. The van der Waals surface area contributed by atoms with Crippen LogP contribution in [0.2, 0.25) is 0 Å². The van der Waals surface area contributed by atoms with Crippen molar-refractivity contribution >= 4 is 18.3 Å². The van der Waals surface area contributed by atoms with E-state index in [-0.39, 0.29) is 18.3 Å². The Kier molecular flexibility index (Phi) is 6.24. The molecule has 9 heteroatoms. The van der Waals surface area contributed by atoms with Crippen molar-refractivity contribution in [2.45, 2.75) is 25.0 Å². The monoisotopic (exact) mass is 352 g/mol. The van der Waals surface area contributed by atoms with Crippen molar-refractivity contribution < 1.29 is 9.53 Å². The molecule has 3 rings (SSSR count). The summed E-state index contributed by atoms with van der Waals surface area (Å²) >= 11 is 0. The van der Waals surface area contributed by atoms with Crippen molar-refractivity contribution in [2.75, 3.05) is 20.2 Å². The second-order valence-corrected chi connectivity index (χ2v) is 5.56. The minimum atomic E-state index is -0.712. The van der Waals surface area contributed by atoms with Crippen molar-refractivity contribution in [3.8, 4) is 11.4 Å². The van der Waals surface area contributed by atoms with Crippen LogP contribution in [0.25, 0.3) is 11.4 Å². The van der Waals surface area contributed by atoms with Crippen LogP contribution in [0.15, 0.2) is 24.3 Å². The summed E-state index contributed by atoms with van der Waals surface area (Å²) in [5.41, 5.74) is 1.17. The summed E-state index contributed by atoms with van der Waals surface area (Å²) < 4.78 is 5.52. The molecule has 24 heavy (non-hydrogen) atoms. The Hall–Kier alpha value is -2.03. The molecule has 0 radical (unpaired) electrons. The van der Waals surface area contributed by atoms with E-state index < -0.39 is 5.60 Å². The quantitative estimate of drug-likeness (QED) is 0.730. The molecule has 0 aliphatic carbocycles.